The molecule has 1 aromatic carbocycles. The van der Waals surface area contributed by atoms with E-state index < -0.39 is 17.9 Å². The van der Waals surface area contributed by atoms with Crippen LogP contribution >= 0.6 is 0 Å². The number of benzene rings is 1. The summed E-state index contributed by atoms with van der Waals surface area (Å²) < 4.78 is 14.7. The molecule has 1 saturated carbocycles. The fraction of sp³-hybridized carbons (Fsp3) is 0.529. The van der Waals surface area contributed by atoms with Crippen molar-refractivity contribution in [2.75, 3.05) is 5.32 Å². The first-order valence-corrected chi connectivity index (χ1v) is 7.85. The number of hydrogen-bond acceptors (Lipinski definition) is 3. The Morgan fingerprint density at radius 1 is 1.23 bits per heavy atom. The Morgan fingerprint density at radius 2 is 1.91 bits per heavy atom. The molecule has 0 aliphatic heterocycles. The van der Waals surface area contributed by atoms with Gasteiger partial charge in [-0.2, -0.15) is 0 Å². The molecule has 2 amide bonds. The second-order valence-electron chi connectivity index (χ2n) is 5.96. The molecule has 2 N–H and O–H groups in total. The summed E-state index contributed by atoms with van der Waals surface area (Å²) in [5, 5.41) is 5.05. The highest BCUT2D eigenvalue weighted by Crippen LogP contribution is 2.35. The van der Waals surface area contributed by atoms with Gasteiger partial charge in [-0.05, 0) is 37.3 Å². The van der Waals surface area contributed by atoms with Gasteiger partial charge in [-0.15, -0.1) is 0 Å². The molecule has 2 rings (SSSR count). The first-order valence-electron chi connectivity index (χ1n) is 7.85. The molecule has 0 saturated heterocycles. The number of anilines is 1. The Bertz CT molecular complexity index is 554. The zero-order valence-electron chi connectivity index (χ0n) is 13.1. The molecule has 0 heterocycles. The monoisotopic (exact) mass is 306 g/mol. The Balaban J connectivity index is 2.11. The van der Waals surface area contributed by atoms with E-state index in [1.165, 1.54) is 13.3 Å². The maximum atomic E-state index is 14.7. The largest absolute Gasteiger partial charge is 0.372 e. The lowest BCUT2D eigenvalue weighted by Gasteiger charge is -2.24. The van der Waals surface area contributed by atoms with Crippen LogP contribution in [0.15, 0.2) is 18.2 Å². The van der Waals surface area contributed by atoms with E-state index in [0.29, 0.717) is 5.69 Å². The molecule has 1 aromatic rings. The molecule has 0 bridgehead atoms. The maximum Gasteiger partial charge on any atom is 0.248 e. The van der Waals surface area contributed by atoms with E-state index in [0.717, 1.165) is 31.2 Å². The first-order chi connectivity index (χ1) is 10.5. The molecular weight excluding hydrogens is 283 g/mol. The highest BCUT2D eigenvalue weighted by Gasteiger charge is 2.22. The fourth-order valence-electron chi connectivity index (χ4n) is 2.97. The number of hydrogen-bond donors (Lipinski definition) is 2. The van der Waals surface area contributed by atoms with E-state index in [2.05, 4.69) is 10.6 Å². The molecule has 0 spiro atoms. The van der Waals surface area contributed by atoms with E-state index in [9.17, 15) is 14.0 Å². The molecule has 1 aliphatic carbocycles. The number of halogens is 1. The number of rotatable bonds is 4. The smallest absolute Gasteiger partial charge is 0.248 e. The molecule has 5 heteroatoms. The third-order valence-corrected chi connectivity index (χ3v) is 4.14. The van der Waals surface area contributed by atoms with Gasteiger partial charge < -0.3 is 5.32 Å². The van der Waals surface area contributed by atoms with Gasteiger partial charge in [0.15, 0.2) is 0 Å². The summed E-state index contributed by atoms with van der Waals surface area (Å²) in [6.07, 6.45) is 5.53. The Hall–Kier alpha value is -1.91. The van der Waals surface area contributed by atoms with Crippen LogP contribution in [0.5, 0.6) is 0 Å². The topological polar surface area (TPSA) is 58.2 Å². The molecule has 1 unspecified atom stereocenters. The highest BCUT2D eigenvalue weighted by molar-refractivity contribution is 5.97. The highest BCUT2D eigenvalue weighted by atomic mass is 19.1. The quantitative estimate of drug-likeness (QED) is 0.897. The lowest BCUT2D eigenvalue weighted by Crippen LogP contribution is -2.40. The van der Waals surface area contributed by atoms with Crippen molar-refractivity contribution in [2.24, 2.45) is 0 Å². The summed E-state index contributed by atoms with van der Waals surface area (Å²) in [5.41, 5.74) is 1.04. The SMILES string of the molecule is CC(=O)NC(=O)C(C)Nc1cccc(C2CCCCC2)c1F. The Kier molecular flexibility index (Phi) is 5.52. The van der Waals surface area contributed by atoms with Crippen molar-refractivity contribution in [3.8, 4) is 0 Å². The van der Waals surface area contributed by atoms with Gasteiger partial charge in [0.25, 0.3) is 0 Å². The number of nitrogens with one attached hydrogen (secondary N) is 2. The van der Waals surface area contributed by atoms with Gasteiger partial charge in [-0.1, -0.05) is 31.4 Å². The van der Waals surface area contributed by atoms with Crippen molar-refractivity contribution in [1.82, 2.24) is 5.32 Å². The van der Waals surface area contributed by atoms with Gasteiger partial charge in [0, 0.05) is 6.92 Å². The molecule has 1 fully saturated rings. The summed E-state index contributed by atoms with van der Waals surface area (Å²) in [4.78, 5) is 22.6. The van der Waals surface area contributed by atoms with Gasteiger partial charge in [-0.3, -0.25) is 14.9 Å². The second kappa shape index (κ2) is 7.38. The lowest BCUT2D eigenvalue weighted by molar-refractivity contribution is -0.129. The average molecular weight is 306 g/mol. The van der Waals surface area contributed by atoms with Gasteiger partial charge in [0.1, 0.15) is 11.9 Å². The zero-order chi connectivity index (χ0) is 16.1. The van der Waals surface area contributed by atoms with Crippen molar-refractivity contribution >= 4 is 17.5 Å². The number of imide groups is 1. The van der Waals surface area contributed by atoms with Gasteiger partial charge in [0.2, 0.25) is 11.8 Å². The van der Waals surface area contributed by atoms with Crippen LogP contribution in [0.4, 0.5) is 10.1 Å². The van der Waals surface area contributed by atoms with E-state index in [1.807, 2.05) is 12.1 Å². The molecule has 4 nitrogen and oxygen atoms in total. The average Bonchev–Trinajstić information content (AvgIpc) is 2.49. The number of carbonyl (C=O) groups excluding carboxylic acids is 2. The maximum absolute atomic E-state index is 14.7. The summed E-state index contributed by atoms with van der Waals surface area (Å²) in [7, 11) is 0. The summed E-state index contributed by atoms with van der Waals surface area (Å²) in [6.45, 7) is 2.87. The van der Waals surface area contributed by atoms with Gasteiger partial charge in [-0.25, -0.2) is 4.39 Å². The summed E-state index contributed by atoms with van der Waals surface area (Å²) in [5.74, 6) is -0.904. The van der Waals surface area contributed by atoms with Crippen LogP contribution in [0.2, 0.25) is 0 Å². The minimum absolute atomic E-state index is 0.261. The normalized spacial score (nSPS) is 16.9. The molecule has 0 aromatic heterocycles. The predicted octanol–water partition coefficient (Wildman–Crippen LogP) is 3.34. The Morgan fingerprint density at radius 3 is 2.55 bits per heavy atom. The second-order valence-corrected chi connectivity index (χ2v) is 5.96. The third kappa shape index (κ3) is 4.06. The predicted molar refractivity (Wildman–Crippen MR) is 84.1 cm³/mol. The summed E-state index contributed by atoms with van der Waals surface area (Å²) >= 11 is 0. The first kappa shape index (κ1) is 16.5. The molecule has 1 atom stereocenters. The Labute approximate surface area is 130 Å². The molecule has 120 valence electrons. The minimum atomic E-state index is -0.681. The molecule has 22 heavy (non-hydrogen) atoms. The zero-order valence-corrected chi connectivity index (χ0v) is 13.1. The van der Waals surface area contributed by atoms with Crippen molar-refractivity contribution in [1.29, 1.82) is 0 Å². The molecular formula is C17H23FN2O2. The van der Waals surface area contributed by atoms with E-state index in [1.54, 1.807) is 13.0 Å². The third-order valence-electron chi connectivity index (χ3n) is 4.14. The van der Waals surface area contributed by atoms with Crippen molar-refractivity contribution < 1.29 is 14.0 Å². The van der Waals surface area contributed by atoms with E-state index >= 15 is 0 Å². The van der Waals surface area contributed by atoms with E-state index in [4.69, 9.17) is 0 Å². The van der Waals surface area contributed by atoms with Crippen molar-refractivity contribution in [2.45, 2.75) is 57.9 Å². The van der Waals surface area contributed by atoms with Crippen LogP contribution in [-0.4, -0.2) is 17.9 Å². The van der Waals surface area contributed by atoms with Crippen LogP contribution in [0.25, 0.3) is 0 Å². The van der Waals surface area contributed by atoms with Crippen molar-refractivity contribution in [3.05, 3.63) is 29.6 Å². The lowest BCUT2D eigenvalue weighted by atomic mass is 9.83. The fourth-order valence-corrected chi connectivity index (χ4v) is 2.97. The standard InChI is InChI=1S/C17H23FN2O2/c1-11(17(22)20-12(2)21)19-15-10-6-9-14(16(15)18)13-7-4-3-5-8-13/h6,9-11,13,19H,3-5,7-8H2,1-2H3,(H,20,21,22). The minimum Gasteiger partial charge on any atom is -0.372 e. The molecule has 1 aliphatic rings. The van der Waals surface area contributed by atoms with Crippen LogP contribution in [0, 0.1) is 5.82 Å². The van der Waals surface area contributed by atoms with Crippen LogP contribution < -0.4 is 10.6 Å². The van der Waals surface area contributed by atoms with Crippen molar-refractivity contribution in [3.63, 3.8) is 0 Å². The number of carbonyl (C=O) groups is 2. The van der Waals surface area contributed by atoms with Gasteiger partial charge >= 0.3 is 0 Å². The molecule has 0 radical (unpaired) electrons. The van der Waals surface area contributed by atoms with Crippen LogP contribution in [0.3, 0.4) is 0 Å². The van der Waals surface area contributed by atoms with E-state index in [-0.39, 0.29) is 11.7 Å². The number of amides is 2. The summed E-state index contributed by atoms with van der Waals surface area (Å²) in [6, 6.07) is 4.58. The van der Waals surface area contributed by atoms with Gasteiger partial charge in [0.05, 0.1) is 5.69 Å². The van der Waals surface area contributed by atoms with Crippen LogP contribution in [-0.2, 0) is 9.59 Å². The van der Waals surface area contributed by atoms with Crippen LogP contribution in [0.1, 0.15) is 57.4 Å².